The number of rotatable bonds is 3. The number of hydrogen-bond donors (Lipinski definition) is 1. The molecule has 1 N–H and O–H groups in total. The van der Waals surface area contributed by atoms with Gasteiger partial charge in [-0.25, -0.2) is 4.39 Å². The second kappa shape index (κ2) is 6.26. The van der Waals surface area contributed by atoms with Crippen molar-refractivity contribution in [1.29, 1.82) is 0 Å². The lowest BCUT2D eigenvalue weighted by Gasteiger charge is -2.11. The molecule has 1 heterocycles. The highest BCUT2D eigenvalue weighted by Crippen LogP contribution is 2.30. The molecule has 5 heteroatoms. The van der Waals surface area contributed by atoms with Crippen LogP contribution in [-0.2, 0) is 0 Å². The van der Waals surface area contributed by atoms with E-state index in [0.717, 1.165) is 0 Å². The summed E-state index contributed by atoms with van der Waals surface area (Å²) in [6, 6.07) is 13.3. The molecule has 0 bridgehead atoms. The lowest BCUT2D eigenvalue weighted by molar-refractivity contribution is 0.102. The summed E-state index contributed by atoms with van der Waals surface area (Å²) in [5, 5.41) is 2.89. The third kappa shape index (κ3) is 3.12. The smallest absolute Gasteiger partial charge is 0.259 e. The Morgan fingerprint density at radius 2 is 1.96 bits per heavy atom. The van der Waals surface area contributed by atoms with E-state index in [9.17, 15) is 9.18 Å². The lowest BCUT2D eigenvalue weighted by atomic mass is 10.0. The van der Waals surface area contributed by atoms with Crippen LogP contribution in [-0.4, -0.2) is 5.91 Å². The Balaban J connectivity index is 1.96. The molecule has 0 unspecified atom stereocenters. The third-order valence-electron chi connectivity index (χ3n) is 3.51. The van der Waals surface area contributed by atoms with E-state index in [1.807, 2.05) is 6.07 Å². The molecule has 3 aromatic rings. The molecule has 0 atom stereocenters. The topological polar surface area (TPSA) is 42.2 Å². The predicted molar refractivity (Wildman–Crippen MR) is 88.2 cm³/mol. The first kappa shape index (κ1) is 15.3. The summed E-state index contributed by atoms with van der Waals surface area (Å²) in [7, 11) is 0. The zero-order chi connectivity index (χ0) is 16.4. The molecule has 23 heavy (non-hydrogen) atoms. The summed E-state index contributed by atoms with van der Waals surface area (Å²) in [4.78, 5) is 12.3. The number of halogens is 2. The van der Waals surface area contributed by atoms with Crippen LogP contribution in [0.15, 0.2) is 59.2 Å². The first-order valence-electron chi connectivity index (χ1n) is 6.96. The van der Waals surface area contributed by atoms with Gasteiger partial charge in [-0.3, -0.25) is 4.79 Å². The molecule has 1 amide bonds. The van der Waals surface area contributed by atoms with Gasteiger partial charge in [-0.05, 0) is 36.8 Å². The lowest BCUT2D eigenvalue weighted by Crippen LogP contribution is -2.12. The number of hydrogen-bond acceptors (Lipinski definition) is 2. The van der Waals surface area contributed by atoms with Crippen molar-refractivity contribution >= 4 is 23.2 Å². The van der Waals surface area contributed by atoms with E-state index >= 15 is 0 Å². The number of anilines is 1. The van der Waals surface area contributed by atoms with Crippen molar-refractivity contribution in [2.45, 2.75) is 6.92 Å². The van der Waals surface area contributed by atoms with Crippen molar-refractivity contribution in [3.8, 4) is 11.1 Å². The van der Waals surface area contributed by atoms with Gasteiger partial charge in [-0.15, -0.1) is 0 Å². The first-order chi connectivity index (χ1) is 11.1. The Kier molecular flexibility index (Phi) is 4.17. The van der Waals surface area contributed by atoms with Crippen LogP contribution >= 0.6 is 11.6 Å². The van der Waals surface area contributed by atoms with E-state index in [1.54, 1.807) is 37.3 Å². The average Bonchev–Trinajstić information content (AvgIpc) is 2.97. The molecule has 0 radical (unpaired) electrons. The fraction of sp³-hybridized carbons (Fsp3) is 0.0556. The molecule has 0 saturated carbocycles. The minimum absolute atomic E-state index is 0.0595. The SMILES string of the molecule is Cc1occc1C(=O)Nc1ccccc1-c1ccc(Cl)c(F)c1. The zero-order valence-electron chi connectivity index (χ0n) is 12.3. The molecule has 3 nitrogen and oxygen atoms in total. The molecule has 0 spiro atoms. The Morgan fingerprint density at radius 3 is 2.65 bits per heavy atom. The molecule has 0 aliphatic carbocycles. The zero-order valence-corrected chi connectivity index (χ0v) is 13.0. The maximum absolute atomic E-state index is 13.7. The van der Waals surface area contributed by atoms with Crippen molar-refractivity contribution in [2.75, 3.05) is 5.32 Å². The Hall–Kier alpha value is -2.59. The molecular weight excluding hydrogens is 317 g/mol. The van der Waals surface area contributed by atoms with E-state index in [1.165, 1.54) is 18.4 Å². The molecule has 0 aliphatic heterocycles. The van der Waals surface area contributed by atoms with Crippen LogP contribution in [0.2, 0.25) is 5.02 Å². The molecule has 0 saturated heterocycles. The van der Waals surface area contributed by atoms with Gasteiger partial charge in [0.15, 0.2) is 0 Å². The second-order valence-corrected chi connectivity index (χ2v) is 5.43. The molecule has 116 valence electrons. The van der Waals surface area contributed by atoms with Gasteiger partial charge >= 0.3 is 0 Å². The van der Waals surface area contributed by atoms with Gasteiger partial charge in [-0.2, -0.15) is 0 Å². The number of carbonyl (C=O) groups excluding carboxylic acids is 1. The number of furan rings is 1. The summed E-state index contributed by atoms with van der Waals surface area (Å²) < 4.78 is 18.8. The van der Waals surface area contributed by atoms with Crippen molar-refractivity contribution in [3.05, 3.63) is 77.0 Å². The van der Waals surface area contributed by atoms with Crippen LogP contribution in [0.25, 0.3) is 11.1 Å². The van der Waals surface area contributed by atoms with Crippen molar-refractivity contribution in [1.82, 2.24) is 0 Å². The van der Waals surface area contributed by atoms with E-state index in [2.05, 4.69) is 5.32 Å². The molecule has 0 fully saturated rings. The quantitative estimate of drug-likeness (QED) is 0.708. The highest BCUT2D eigenvalue weighted by Gasteiger charge is 2.14. The Morgan fingerprint density at radius 1 is 1.17 bits per heavy atom. The van der Waals surface area contributed by atoms with Crippen LogP contribution in [0, 0.1) is 12.7 Å². The van der Waals surface area contributed by atoms with E-state index in [0.29, 0.717) is 28.1 Å². The predicted octanol–water partition coefficient (Wildman–Crippen LogP) is 5.30. The van der Waals surface area contributed by atoms with Gasteiger partial charge in [0.25, 0.3) is 5.91 Å². The van der Waals surface area contributed by atoms with Crippen LogP contribution in [0.1, 0.15) is 16.1 Å². The second-order valence-electron chi connectivity index (χ2n) is 5.02. The fourth-order valence-electron chi connectivity index (χ4n) is 2.32. The summed E-state index contributed by atoms with van der Waals surface area (Å²) in [5.41, 5.74) is 2.38. The summed E-state index contributed by atoms with van der Waals surface area (Å²) in [5.74, 6) is -0.244. The number of benzene rings is 2. The number of amides is 1. The van der Waals surface area contributed by atoms with Gasteiger partial charge < -0.3 is 9.73 Å². The maximum Gasteiger partial charge on any atom is 0.259 e. The van der Waals surface area contributed by atoms with Gasteiger partial charge in [-0.1, -0.05) is 35.9 Å². The van der Waals surface area contributed by atoms with Gasteiger partial charge in [0.1, 0.15) is 11.6 Å². The average molecular weight is 330 g/mol. The van der Waals surface area contributed by atoms with Crippen molar-refractivity contribution < 1.29 is 13.6 Å². The largest absolute Gasteiger partial charge is 0.469 e. The maximum atomic E-state index is 13.7. The summed E-state index contributed by atoms with van der Waals surface area (Å²) in [6.45, 7) is 1.72. The van der Waals surface area contributed by atoms with Crippen LogP contribution in [0.3, 0.4) is 0 Å². The molecule has 3 rings (SSSR count). The van der Waals surface area contributed by atoms with Gasteiger partial charge in [0, 0.05) is 11.3 Å². The van der Waals surface area contributed by atoms with Crippen molar-refractivity contribution in [2.24, 2.45) is 0 Å². The fourth-order valence-corrected chi connectivity index (χ4v) is 2.44. The molecule has 2 aromatic carbocycles. The van der Waals surface area contributed by atoms with Gasteiger partial charge in [0.2, 0.25) is 0 Å². The van der Waals surface area contributed by atoms with Crippen LogP contribution in [0.4, 0.5) is 10.1 Å². The minimum Gasteiger partial charge on any atom is -0.469 e. The summed E-state index contributed by atoms with van der Waals surface area (Å²) >= 11 is 5.72. The van der Waals surface area contributed by atoms with E-state index < -0.39 is 5.82 Å². The number of nitrogens with one attached hydrogen (secondary N) is 1. The number of carbonyl (C=O) groups is 1. The minimum atomic E-state index is -0.504. The summed E-state index contributed by atoms with van der Waals surface area (Å²) in [6.07, 6.45) is 1.46. The number of para-hydroxylation sites is 1. The van der Waals surface area contributed by atoms with Gasteiger partial charge in [0.05, 0.1) is 16.8 Å². The van der Waals surface area contributed by atoms with Crippen LogP contribution < -0.4 is 5.32 Å². The normalized spacial score (nSPS) is 10.6. The van der Waals surface area contributed by atoms with Crippen LogP contribution in [0.5, 0.6) is 0 Å². The van der Waals surface area contributed by atoms with E-state index in [4.69, 9.17) is 16.0 Å². The monoisotopic (exact) mass is 329 g/mol. The highest BCUT2D eigenvalue weighted by molar-refractivity contribution is 6.30. The third-order valence-corrected chi connectivity index (χ3v) is 3.82. The molecule has 0 aliphatic rings. The Labute approximate surface area is 137 Å². The molecule has 1 aromatic heterocycles. The van der Waals surface area contributed by atoms with Crippen molar-refractivity contribution in [3.63, 3.8) is 0 Å². The molecular formula is C18H13ClFNO2. The number of aryl methyl sites for hydroxylation is 1. The standard InChI is InChI=1S/C18H13ClFNO2/c1-11-13(8-9-23-11)18(22)21-17-5-3-2-4-14(17)12-6-7-15(19)16(20)10-12/h2-10H,1H3,(H,21,22). The van der Waals surface area contributed by atoms with E-state index in [-0.39, 0.29) is 10.9 Å². The Bertz CT molecular complexity index is 873. The first-order valence-corrected chi connectivity index (χ1v) is 7.34. The highest BCUT2D eigenvalue weighted by atomic mass is 35.5.